The maximum absolute atomic E-state index is 6.13. The Morgan fingerprint density at radius 2 is 2.05 bits per heavy atom. The normalized spacial score (nSPS) is 10.8. The molecule has 1 aromatic carbocycles. The molecular weight excluding hydrogens is 301 g/mol. The van der Waals surface area contributed by atoms with E-state index in [9.17, 15) is 0 Å². The Hall–Kier alpha value is -1.36. The highest BCUT2D eigenvalue weighted by molar-refractivity contribution is 7.15. The number of hydrogen-bond acceptors (Lipinski definition) is 4. The molecule has 96 valence electrons. The highest BCUT2D eigenvalue weighted by Gasteiger charge is 2.06. The monoisotopic (exact) mass is 309 g/mol. The maximum atomic E-state index is 6.13. The minimum absolute atomic E-state index is 0.555. The van der Waals surface area contributed by atoms with Gasteiger partial charge in [-0.2, -0.15) is 0 Å². The van der Waals surface area contributed by atoms with Crippen LogP contribution in [0.15, 0.2) is 36.7 Å². The molecule has 0 unspecified atom stereocenters. The van der Waals surface area contributed by atoms with Crippen LogP contribution in [0.4, 0.5) is 5.69 Å². The Balaban J connectivity index is 1.91. The van der Waals surface area contributed by atoms with Gasteiger partial charge in [0.25, 0.3) is 0 Å². The van der Waals surface area contributed by atoms with Crippen LogP contribution in [0.2, 0.25) is 9.49 Å². The number of nitrogens with zero attached hydrogens (tertiary/aromatic N) is 2. The molecule has 3 rings (SSSR count). The summed E-state index contributed by atoms with van der Waals surface area (Å²) >= 11 is 13.4. The van der Waals surface area contributed by atoms with Crippen molar-refractivity contribution < 1.29 is 0 Å². The number of anilines is 1. The first-order valence-electron chi connectivity index (χ1n) is 5.61. The second-order valence-corrected chi connectivity index (χ2v) is 6.03. The zero-order valence-corrected chi connectivity index (χ0v) is 12.1. The van der Waals surface area contributed by atoms with E-state index >= 15 is 0 Å². The number of thiazole rings is 1. The van der Waals surface area contributed by atoms with Crippen LogP contribution >= 0.6 is 34.5 Å². The molecular formula is C13H9Cl2N3S. The molecule has 19 heavy (non-hydrogen) atoms. The van der Waals surface area contributed by atoms with E-state index in [1.54, 1.807) is 12.4 Å². The lowest BCUT2D eigenvalue weighted by Gasteiger charge is -2.09. The van der Waals surface area contributed by atoms with Crippen molar-refractivity contribution in [2.24, 2.45) is 0 Å². The molecule has 0 spiro atoms. The zero-order chi connectivity index (χ0) is 13.2. The fourth-order valence-electron chi connectivity index (χ4n) is 1.84. The Bertz CT molecular complexity index is 727. The minimum atomic E-state index is 0.555. The van der Waals surface area contributed by atoms with Crippen LogP contribution in [0.3, 0.4) is 0 Å². The van der Waals surface area contributed by atoms with Gasteiger partial charge in [0.05, 0.1) is 17.1 Å². The number of nitrogens with one attached hydrogen (secondary N) is 1. The van der Waals surface area contributed by atoms with Crippen molar-refractivity contribution in [2.45, 2.75) is 6.54 Å². The second kappa shape index (κ2) is 5.33. The van der Waals surface area contributed by atoms with Crippen LogP contribution in [-0.2, 0) is 6.54 Å². The molecule has 0 saturated carbocycles. The lowest BCUT2D eigenvalue weighted by atomic mass is 10.2. The Morgan fingerprint density at radius 1 is 1.16 bits per heavy atom. The average Bonchev–Trinajstić information content (AvgIpc) is 2.84. The molecule has 2 aromatic heterocycles. The highest BCUT2D eigenvalue weighted by atomic mass is 35.5. The number of pyridine rings is 1. The third kappa shape index (κ3) is 2.66. The van der Waals surface area contributed by atoms with Gasteiger partial charge in [-0.15, -0.1) is 11.3 Å². The quantitative estimate of drug-likeness (QED) is 0.767. The summed E-state index contributed by atoms with van der Waals surface area (Å²) in [7, 11) is 0. The van der Waals surface area contributed by atoms with Crippen molar-refractivity contribution in [3.63, 3.8) is 0 Å². The summed E-state index contributed by atoms with van der Waals surface area (Å²) in [5.74, 6) is 0. The molecule has 1 N–H and O–H groups in total. The molecule has 2 heterocycles. The van der Waals surface area contributed by atoms with Crippen molar-refractivity contribution in [1.82, 2.24) is 9.97 Å². The molecule has 0 aliphatic carbocycles. The average molecular weight is 310 g/mol. The molecule has 0 atom stereocenters. The van der Waals surface area contributed by atoms with Gasteiger partial charge in [0, 0.05) is 28.3 Å². The fraction of sp³-hybridized carbons (Fsp3) is 0.0769. The van der Waals surface area contributed by atoms with Crippen LogP contribution in [-0.4, -0.2) is 9.97 Å². The summed E-state index contributed by atoms with van der Waals surface area (Å²) in [5.41, 5.74) is 1.80. The maximum Gasteiger partial charge on any atom is 0.183 e. The minimum Gasteiger partial charge on any atom is -0.380 e. The Labute approximate surface area is 124 Å². The molecule has 0 saturated heterocycles. The third-order valence-electron chi connectivity index (χ3n) is 2.70. The van der Waals surface area contributed by atoms with Crippen LogP contribution in [0.5, 0.6) is 0 Å². The number of benzene rings is 1. The van der Waals surface area contributed by atoms with Crippen LogP contribution in [0, 0.1) is 0 Å². The number of rotatable bonds is 3. The van der Waals surface area contributed by atoms with E-state index < -0.39 is 0 Å². The van der Waals surface area contributed by atoms with Crippen molar-refractivity contribution in [2.75, 3.05) is 5.32 Å². The van der Waals surface area contributed by atoms with Crippen molar-refractivity contribution in [1.29, 1.82) is 0 Å². The van der Waals surface area contributed by atoms with Crippen LogP contribution in [0.25, 0.3) is 10.9 Å². The summed E-state index contributed by atoms with van der Waals surface area (Å²) in [4.78, 5) is 9.39. The first-order valence-corrected chi connectivity index (χ1v) is 7.18. The molecule has 0 bridgehead atoms. The number of fused-ring (bicyclic) bond motifs is 1. The fourth-order valence-corrected chi connectivity index (χ4v) is 2.97. The van der Waals surface area contributed by atoms with Gasteiger partial charge in [-0.1, -0.05) is 23.2 Å². The van der Waals surface area contributed by atoms with Gasteiger partial charge in [-0.25, -0.2) is 4.98 Å². The molecule has 3 nitrogen and oxygen atoms in total. The van der Waals surface area contributed by atoms with Crippen LogP contribution < -0.4 is 5.32 Å². The van der Waals surface area contributed by atoms with Gasteiger partial charge in [0.15, 0.2) is 4.47 Å². The molecule has 0 fully saturated rings. The van der Waals surface area contributed by atoms with Gasteiger partial charge in [0.2, 0.25) is 0 Å². The van der Waals surface area contributed by atoms with Gasteiger partial charge < -0.3 is 5.32 Å². The number of aromatic nitrogens is 2. The van der Waals surface area contributed by atoms with E-state index in [0.29, 0.717) is 16.0 Å². The molecule has 0 aliphatic rings. The predicted molar refractivity (Wildman–Crippen MR) is 81.2 cm³/mol. The Morgan fingerprint density at radius 3 is 2.84 bits per heavy atom. The number of halogens is 2. The molecule has 0 aliphatic heterocycles. The Kier molecular flexibility index (Phi) is 3.55. The smallest absolute Gasteiger partial charge is 0.183 e. The summed E-state index contributed by atoms with van der Waals surface area (Å²) < 4.78 is 0.555. The number of hydrogen-bond donors (Lipinski definition) is 1. The van der Waals surface area contributed by atoms with Gasteiger partial charge >= 0.3 is 0 Å². The first-order chi connectivity index (χ1) is 9.24. The molecule has 3 aromatic rings. The van der Waals surface area contributed by atoms with Crippen LogP contribution in [0.1, 0.15) is 4.88 Å². The molecule has 0 amide bonds. The molecule has 0 radical (unpaired) electrons. The first kappa shape index (κ1) is 12.7. The summed E-state index contributed by atoms with van der Waals surface area (Å²) in [6.07, 6.45) is 3.51. The summed E-state index contributed by atoms with van der Waals surface area (Å²) in [6.45, 7) is 0.677. The zero-order valence-electron chi connectivity index (χ0n) is 9.73. The van der Waals surface area contributed by atoms with Crippen molar-refractivity contribution >= 4 is 51.1 Å². The van der Waals surface area contributed by atoms with E-state index in [1.165, 1.54) is 11.3 Å². The van der Waals surface area contributed by atoms with Crippen molar-refractivity contribution in [3.05, 3.63) is 51.0 Å². The van der Waals surface area contributed by atoms with E-state index in [0.717, 1.165) is 21.5 Å². The van der Waals surface area contributed by atoms with E-state index in [4.69, 9.17) is 23.2 Å². The second-order valence-electron chi connectivity index (χ2n) is 3.93. The topological polar surface area (TPSA) is 37.8 Å². The largest absolute Gasteiger partial charge is 0.380 e. The summed E-state index contributed by atoms with van der Waals surface area (Å²) in [6, 6.07) is 7.69. The SMILES string of the molecule is Clc1ncc(CNc2ccc(Cl)c3ncccc23)s1. The lowest BCUT2D eigenvalue weighted by Crippen LogP contribution is -1.98. The van der Waals surface area contributed by atoms with Gasteiger partial charge in [0.1, 0.15) is 0 Å². The van der Waals surface area contributed by atoms with Gasteiger partial charge in [-0.05, 0) is 24.3 Å². The molecule has 6 heteroatoms. The standard InChI is InChI=1S/C13H9Cl2N3S/c14-10-3-4-11(9-2-1-5-16-12(9)10)17-6-8-7-18-13(15)19-8/h1-5,7,17H,6H2. The van der Waals surface area contributed by atoms with E-state index in [1.807, 2.05) is 24.3 Å². The predicted octanol–water partition coefficient (Wildman–Crippen LogP) is 4.61. The van der Waals surface area contributed by atoms with Crippen molar-refractivity contribution in [3.8, 4) is 0 Å². The lowest BCUT2D eigenvalue weighted by molar-refractivity contribution is 1.18. The summed E-state index contributed by atoms with van der Waals surface area (Å²) in [5, 5.41) is 5.02. The van der Waals surface area contributed by atoms with E-state index in [-0.39, 0.29) is 0 Å². The third-order valence-corrected chi connectivity index (χ3v) is 4.12. The van der Waals surface area contributed by atoms with E-state index in [2.05, 4.69) is 15.3 Å². The highest BCUT2D eigenvalue weighted by Crippen LogP contribution is 2.28. The van der Waals surface area contributed by atoms with Gasteiger partial charge in [-0.3, -0.25) is 4.98 Å².